The van der Waals surface area contributed by atoms with E-state index in [-0.39, 0.29) is 0 Å². The molecule has 3 saturated heterocycles. The Morgan fingerprint density at radius 2 is 1.78 bits per heavy atom. The van der Waals surface area contributed by atoms with Gasteiger partial charge < -0.3 is 0 Å². The summed E-state index contributed by atoms with van der Waals surface area (Å²) in [6.45, 7) is 7.40. The van der Waals surface area contributed by atoms with E-state index in [0.717, 1.165) is 45.9 Å². The summed E-state index contributed by atoms with van der Waals surface area (Å²) >= 11 is -1.43. The molecule has 0 radical (unpaired) electrons. The molecule has 3 aliphatic rings. The Balaban J connectivity index is 1.94. The van der Waals surface area contributed by atoms with Crippen LogP contribution in [0.25, 0.3) is 0 Å². The first kappa shape index (κ1) is 13.1. The van der Waals surface area contributed by atoms with E-state index >= 15 is 0 Å². The standard InChI is InChI=1S/C12H19GeNO3S/c1-2-12-11(3-10-18-12)13-15-7-4-14(5-8-16-13)6-9-17-13/h3,10H,2,4-9H2,1H3. The first-order valence-corrected chi connectivity index (χ1v) is 11.0. The second kappa shape index (κ2) is 5.60. The van der Waals surface area contributed by atoms with Gasteiger partial charge in [0.1, 0.15) is 0 Å². The van der Waals surface area contributed by atoms with Gasteiger partial charge in [0.05, 0.1) is 0 Å². The number of aryl methyl sites for hydroxylation is 1. The van der Waals surface area contributed by atoms with Crippen molar-refractivity contribution in [1.29, 1.82) is 0 Å². The van der Waals surface area contributed by atoms with Crippen LogP contribution in [-0.2, 0) is 17.7 Å². The van der Waals surface area contributed by atoms with Crippen LogP contribution in [0.4, 0.5) is 0 Å². The summed E-state index contributed by atoms with van der Waals surface area (Å²) in [4.78, 5) is 3.72. The van der Waals surface area contributed by atoms with E-state index in [9.17, 15) is 0 Å². The van der Waals surface area contributed by atoms with Crippen molar-refractivity contribution in [2.75, 3.05) is 39.5 Å². The summed E-state index contributed by atoms with van der Waals surface area (Å²) in [5.74, 6) is 0. The second-order valence-electron chi connectivity index (χ2n) is 4.55. The van der Waals surface area contributed by atoms with Crippen LogP contribution < -0.4 is 4.40 Å². The normalized spacial score (nSPS) is 32.8. The fourth-order valence-electron chi connectivity index (χ4n) is 2.51. The molecule has 0 amide bonds. The SMILES string of the molecule is CCc1scc[c]1[Ge]12[O]CCN(CC[O]1)CC[O]2. The molecule has 18 heavy (non-hydrogen) atoms. The monoisotopic (exact) mass is 331 g/mol. The Bertz CT molecular complexity index is 385. The quantitative estimate of drug-likeness (QED) is 0.752. The van der Waals surface area contributed by atoms with Gasteiger partial charge in [-0.3, -0.25) is 0 Å². The zero-order chi connectivity index (χ0) is 12.4. The van der Waals surface area contributed by atoms with E-state index < -0.39 is 14.3 Å². The fraction of sp³-hybridized carbons (Fsp3) is 0.667. The second-order valence-corrected chi connectivity index (χ2v) is 10.8. The van der Waals surface area contributed by atoms with E-state index in [0.29, 0.717) is 0 Å². The Hall–Kier alpha value is 0.0829. The minimum absolute atomic E-state index is 0.735. The van der Waals surface area contributed by atoms with Gasteiger partial charge in [-0.2, -0.15) is 0 Å². The Morgan fingerprint density at radius 3 is 2.33 bits per heavy atom. The summed E-state index contributed by atoms with van der Waals surface area (Å²) < 4.78 is 19.7. The molecule has 0 aromatic carbocycles. The molecule has 0 atom stereocenters. The van der Waals surface area contributed by atoms with Gasteiger partial charge in [-0.1, -0.05) is 0 Å². The molecule has 2 bridgehead atoms. The average molecular weight is 330 g/mol. The predicted octanol–water partition coefficient (Wildman–Crippen LogP) is 0.835. The molecular formula is C12H19GeNO3S. The summed E-state index contributed by atoms with van der Waals surface area (Å²) in [6.07, 6.45) is 1.03. The zero-order valence-electron chi connectivity index (χ0n) is 10.7. The molecule has 1 aromatic heterocycles. The predicted molar refractivity (Wildman–Crippen MR) is 73.4 cm³/mol. The molecule has 4 rings (SSSR count). The van der Waals surface area contributed by atoms with Crippen molar-refractivity contribution < 1.29 is 11.3 Å². The molecule has 3 aliphatic heterocycles. The van der Waals surface area contributed by atoms with Crippen molar-refractivity contribution in [3.05, 3.63) is 16.3 Å². The van der Waals surface area contributed by atoms with E-state index in [1.807, 2.05) is 0 Å². The van der Waals surface area contributed by atoms with Gasteiger partial charge in [-0.05, 0) is 0 Å². The van der Waals surface area contributed by atoms with Crippen LogP contribution >= 0.6 is 11.3 Å². The Morgan fingerprint density at radius 1 is 1.17 bits per heavy atom. The number of nitrogens with zero attached hydrogens (tertiary/aromatic N) is 1. The first-order chi connectivity index (χ1) is 8.84. The number of rotatable bonds is 2. The van der Waals surface area contributed by atoms with Crippen LogP contribution in [0.15, 0.2) is 11.4 Å². The van der Waals surface area contributed by atoms with Crippen molar-refractivity contribution in [1.82, 2.24) is 4.90 Å². The third kappa shape index (κ3) is 2.40. The van der Waals surface area contributed by atoms with E-state index in [2.05, 4.69) is 23.3 Å². The fourth-order valence-corrected chi connectivity index (χ4v) is 9.97. The summed E-state index contributed by atoms with van der Waals surface area (Å²) in [5, 5.41) is 2.13. The van der Waals surface area contributed by atoms with Crippen LogP contribution in [-0.4, -0.2) is 58.6 Å². The molecule has 0 saturated carbocycles. The summed E-state index contributed by atoms with van der Waals surface area (Å²) in [6, 6.07) is 2.16. The van der Waals surface area contributed by atoms with Crippen LogP contribution in [0, 0.1) is 0 Å². The molecule has 0 aliphatic carbocycles. The van der Waals surface area contributed by atoms with E-state index in [4.69, 9.17) is 11.3 Å². The van der Waals surface area contributed by atoms with Crippen LogP contribution in [0.5, 0.6) is 0 Å². The molecule has 100 valence electrons. The zero-order valence-corrected chi connectivity index (χ0v) is 13.6. The number of fused-ring (bicyclic) bond motifs is 6. The van der Waals surface area contributed by atoms with E-state index in [1.165, 1.54) is 9.27 Å². The minimum atomic E-state index is -3.22. The maximum absolute atomic E-state index is 6.14. The molecule has 0 N–H and O–H groups in total. The van der Waals surface area contributed by atoms with Gasteiger partial charge in [-0.15, -0.1) is 0 Å². The molecule has 6 heteroatoms. The van der Waals surface area contributed by atoms with Crippen molar-refractivity contribution in [3.8, 4) is 0 Å². The summed E-state index contributed by atoms with van der Waals surface area (Å²) in [5.41, 5.74) is 0. The Labute approximate surface area is 115 Å². The van der Waals surface area contributed by atoms with Crippen molar-refractivity contribution >= 4 is 30.0 Å². The van der Waals surface area contributed by atoms with E-state index in [1.54, 1.807) is 11.3 Å². The topological polar surface area (TPSA) is 30.9 Å². The third-order valence-corrected chi connectivity index (χ3v) is 11.0. The van der Waals surface area contributed by atoms with Crippen molar-refractivity contribution in [2.45, 2.75) is 13.3 Å². The molecule has 0 spiro atoms. The van der Waals surface area contributed by atoms with Gasteiger partial charge >= 0.3 is 115 Å². The average Bonchev–Trinajstić information content (AvgIpc) is 2.75. The van der Waals surface area contributed by atoms with Gasteiger partial charge in [-0.25, -0.2) is 0 Å². The van der Waals surface area contributed by atoms with Crippen molar-refractivity contribution in [3.63, 3.8) is 0 Å². The molecule has 1 aromatic rings. The Kier molecular flexibility index (Phi) is 4.07. The van der Waals surface area contributed by atoms with Crippen LogP contribution in [0.2, 0.25) is 0 Å². The van der Waals surface area contributed by atoms with Gasteiger partial charge in [0, 0.05) is 0 Å². The number of thiophene rings is 1. The first-order valence-electron chi connectivity index (χ1n) is 6.55. The van der Waals surface area contributed by atoms with Crippen molar-refractivity contribution in [2.24, 2.45) is 0 Å². The van der Waals surface area contributed by atoms with Crippen LogP contribution in [0.1, 0.15) is 11.8 Å². The number of hydrogen-bond donors (Lipinski definition) is 0. The third-order valence-electron chi connectivity index (χ3n) is 3.50. The molecule has 4 nitrogen and oxygen atoms in total. The molecule has 4 heterocycles. The van der Waals surface area contributed by atoms with Crippen LogP contribution in [0.3, 0.4) is 0 Å². The van der Waals surface area contributed by atoms with Gasteiger partial charge in [0.25, 0.3) is 0 Å². The molecule has 3 fully saturated rings. The summed E-state index contributed by atoms with van der Waals surface area (Å²) in [7, 11) is 0. The number of hydrogen-bond acceptors (Lipinski definition) is 5. The molecule has 0 unspecified atom stereocenters. The van der Waals surface area contributed by atoms with Gasteiger partial charge in [0.15, 0.2) is 0 Å². The maximum atomic E-state index is 6.14. The molecular weight excluding hydrogens is 311 g/mol. The van der Waals surface area contributed by atoms with Gasteiger partial charge in [0.2, 0.25) is 0 Å².